The Morgan fingerprint density at radius 3 is 2.16 bits per heavy atom. The van der Waals surface area contributed by atoms with Crippen LogP contribution in [0.2, 0.25) is 0 Å². The molecule has 0 aromatic heterocycles. The lowest BCUT2D eigenvalue weighted by Crippen LogP contribution is -2.29. The second kappa shape index (κ2) is 8.41. The monoisotopic (exact) mass is 353 g/mol. The van der Waals surface area contributed by atoms with E-state index in [1.165, 1.54) is 12.1 Å². The van der Waals surface area contributed by atoms with Gasteiger partial charge < -0.3 is 14.8 Å². The maximum absolute atomic E-state index is 12.5. The average molecular weight is 353 g/mol. The summed E-state index contributed by atoms with van der Waals surface area (Å²) in [5.41, 5.74) is -0.217. The van der Waals surface area contributed by atoms with Crippen molar-refractivity contribution in [2.45, 2.75) is 12.6 Å². The van der Waals surface area contributed by atoms with E-state index in [1.54, 1.807) is 31.4 Å². The normalized spacial score (nSPS) is 11.0. The summed E-state index contributed by atoms with van der Waals surface area (Å²) < 4.78 is 47.9. The number of methoxy groups -OCH3 is 1. The molecule has 0 aliphatic rings. The molecule has 0 saturated carbocycles. The van der Waals surface area contributed by atoms with E-state index in [4.69, 9.17) is 9.47 Å². The molecule has 0 unspecified atom stereocenters. The van der Waals surface area contributed by atoms with Gasteiger partial charge in [0.25, 0.3) is 0 Å². The van der Waals surface area contributed by atoms with Gasteiger partial charge in [-0.2, -0.15) is 13.2 Å². The SMILES string of the molecule is COc1ccc(OCCNC(=O)Cc2ccc(C(F)(F)F)cc2)cc1. The lowest BCUT2D eigenvalue weighted by molar-refractivity contribution is -0.137. The van der Waals surface area contributed by atoms with Crippen LogP contribution in [-0.4, -0.2) is 26.2 Å². The number of hydrogen-bond acceptors (Lipinski definition) is 3. The van der Waals surface area contributed by atoms with E-state index >= 15 is 0 Å². The summed E-state index contributed by atoms with van der Waals surface area (Å²) in [4.78, 5) is 11.8. The van der Waals surface area contributed by atoms with Crippen LogP contribution in [0.15, 0.2) is 48.5 Å². The largest absolute Gasteiger partial charge is 0.497 e. The fourth-order valence-corrected chi connectivity index (χ4v) is 2.09. The van der Waals surface area contributed by atoms with Crippen LogP contribution in [0, 0.1) is 0 Å². The van der Waals surface area contributed by atoms with E-state index in [0.717, 1.165) is 17.9 Å². The summed E-state index contributed by atoms with van der Waals surface area (Å²) in [6.45, 7) is 0.580. The first-order valence-corrected chi connectivity index (χ1v) is 7.58. The van der Waals surface area contributed by atoms with Gasteiger partial charge in [0.15, 0.2) is 0 Å². The number of alkyl halides is 3. The summed E-state index contributed by atoms with van der Waals surface area (Å²) in [6, 6.07) is 11.6. The Kier molecular flexibility index (Phi) is 6.27. The number of rotatable bonds is 7. The van der Waals surface area contributed by atoms with E-state index in [9.17, 15) is 18.0 Å². The van der Waals surface area contributed by atoms with Crippen molar-refractivity contribution in [1.29, 1.82) is 0 Å². The zero-order valence-electron chi connectivity index (χ0n) is 13.6. The third kappa shape index (κ3) is 6.02. The molecule has 1 amide bonds. The first-order chi connectivity index (χ1) is 11.9. The van der Waals surface area contributed by atoms with Crippen LogP contribution in [0.5, 0.6) is 11.5 Å². The molecule has 0 aliphatic carbocycles. The highest BCUT2D eigenvalue weighted by Gasteiger charge is 2.29. The molecule has 2 rings (SSSR count). The molecule has 0 fully saturated rings. The van der Waals surface area contributed by atoms with Crippen molar-refractivity contribution in [2.24, 2.45) is 0 Å². The molecule has 0 heterocycles. The van der Waals surface area contributed by atoms with Crippen molar-refractivity contribution in [3.8, 4) is 11.5 Å². The van der Waals surface area contributed by atoms with Crippen LogP contribution < -0.4 is 14.8 Å². The van der Waals surface area contributed by atoms with Crippen molar-refractivity contribution in [3.63, 3.8) is 0 Å². The highest BCUT2D eigenvalue weighted by Crippen LogP contribution is 2.29. The van der Waals surface area contributed by atoms with Gasteiger partial charge in [0.05, 0.1) is 25.6 Å². The third-order valence-corrected chi connectivity index (χ3v) is 3.40. The summed E-state index contributed by atoms with van der Waals surface area (Å²) in [6.07, 6.45) is -4.36. The number of ether oxygens (including phenoxy) is 2. The number of amides is 1. The Morgan fingerprint density at radius 1 is 1.00 bits per heavy atom. The highest BCUT2D eigenvalue weighted by molar-refractivity contribution is 5.78. The topological polar surface area (TPSA) is 47.6 Å². The fourth-order valence-electron chi connectivity index (χ4n) is 2.09. The maximum Gasteiger partial charge on any atom is 0.416 e. The first kappa shape index (κ1) is 18.6. The lowest BCUT2D eigenvalue weighted by Gasteiger charge is -2.09. The smallest absolute Gasteiger partial charge is 0.416 e. The molecule has 0 atom stereocenters. The maximum atomic E-state index is 12.5. The zero-order valence-corrected chi connectivity index (χ0v) is 13.6. The first-order valence-electron chi connectivity index (χ1n) is 7.58. The van der Waals surface area contributed by atoms with E-state index in [-0.39, 0.29) is 18.9 Å². The second-order valence-electron chi connectivity index (χ2n) is 5.25. The molecule has 2 aromatic rings. The standard InChI is InChI=1S/C18H18F3NO3/c1-24-15-6-8-16(9-7-15)25-11-10-22-17(23)12-13-2-4-14(5-3-13)18(19,20)21/h2-9H,10-12H2,1H3,(H,22,23). The van der Waals surface area contributed by atoms with Crippen LogP contribution in [-0.2, 0) is 17.4 Å². The molecule has 2 aromatic carbocycles. The molecule has 0 saturated heterocycles. The Bertz CT molecular complexity index is 682. The Hall–Kier alpha value is -2.70. The second-order valence-corrected chi connectivity index (χ2v) is 5.25. The number of carbonyl (C=O) groups excluding carboxylic acids is 1. The fraction of sp³-hybridized carbons (Fsp3) is 0.278. The number of nitrogens with one attached hydrogen (secondary N) is 1. The van der Waals surface area contributed by atoms with Crippen LogP contribution in [0.3, 0.4) is 0 Å². The van der Waals surface area contributed by atoms with Gasteiger partial charge >= 0.3 is 6.18 Å². The van der Waals surface area contributed by atoms with Gasteiger partial charge in [0, 0.05) is 0 Å². The highest BCUT2D eigenvalue weighted by atomic mass is 19.4. The molecule has 1 N–H and O–H groups in total. The summed E-state index contributed by atoms with van der Waals surface area (Å²) in [7, 11) is 1.57. The van der Waals surface area contributed by atoms with Gasteiger partial charge in [0.1, 0.15) is 18.1 Å². The van der Waals surface area contributed by atoms with Crippen molar-refractivity contribution in [1.82, 2.24) is 5.32 Å². The molecule has 0 aliphatic heterocycles. The number of halogens is 3. The lowest BCUT2D eigenvalue weighted by atomic mass is 10.1. The quantitative estimate of drug-likeness (QED) is 0.776. The summed E-state index contributed by atoms with van der Waals surface area (Å²) in [5.74, 6) is 1.09. The van der Waals surface area contributed by atoms with E-state index in [0.29, 0.717) is 17.9 Å². The van der Waals surface area contributed by atoms with Gasteiger partial charge in [-0.3, -0.25) is 4.79 Å². The van der Waals surface area contributed by atoms with Crippen molar-refractivity contribution >= 4 is 5.91 Å². The molecule has 0 spiro atoms. The predicted molar refractivity (Wildman–Crippen MR) is 86.6 cm³/mol. The van der Waals surface area contributed by atoms with Gasteiger partial charge in [-0.15, -0.1) is 0 Å². The summed E-state index contributed by atoms with van der Waals surface area (Å²) >= 11 is 0. The van der Waals surface area contributed by atoms with Crippen LogP contribution in [0.25, 0.3) is 0 Å². The van der Waals surface area contributed by atoms with Crippen molar-refractivity contribution < 1.29 is 27.4 Å². The van der Waals surface area contributed by atoms with E-state index in [2.05, 4.69) is 5.32 Å². The number of hydrogen-bond donors (Lipinski definition) is 1. The Balaban J connectivity index is 1.71. The minimum Gasteiger partial charge on any atom is -0.497 e. The Morgan fingerprint density at radius 2 is 1.60 bits per heavy atom. The molecular weight excluding hydrogens is 335 g/mol. The molecule has 4 nitrogen and oxygen atoms in total. The third-order valence-electron chi connectivity index (χ3n) is 3.40. The number of carbonyl (C=O) groups is 1. The average Bonchev–Trinajstić information content (AvgIpc) is 2.59. The van der Waals surface area contributed by atoms with Gasteiger partial charge in [-0.1, -0.05) is 12.1 Å². The van der Waals surface area contributed by atoms with Crippen molar-refractivity contribution in [3.05, 3.63) is 59.7 Å². The Labute approximate surface area is 143 Å². The van der Waals surface area contributed by atoms with Crippen LogP contribution in [0.4, 0.5) is 13.2 Å². The van der Waals surface area contributed by atoms with Gasteiger partial charge in [-0.05, 0) is 42.0 Å². The van der Waals surface area contributed by atoms with Gasteiger partial charge in [0.2, 0.25) is 5.91 Å². The number of benzene rings is 2. The zero-order chi connectivity index (χ0) is 18.3. The molecule has 25 heavy (non-hydrogen) atoms. The molecule has 7 heteroatoms. The minimum absolute atomic E-state index is 0.0146. The van der Waals surface area contributed by atoms with Crippen LogP contribution in [0.1, 0.15) is 11.1 Å². The van der Waals surface area contributed by atoms with Gasteiger partial charge in [-0.25, -0.2) is 0 Å². The minimum atomic E-state index is -4.38. The molecular formula is C18H18F3NO3. The molecule has 0 radical (unpaired) electrons. The van der Waals surface area contributed by atoms with Crippen LogP contribution >= 0.6 is 0 Å². The predicted octanol–water partition coefficient (Wildman–Crippen LogP) is 3.45. The summed E-state index contributed by atoms with van der Waals surface area (Å²) in [5, 5.41) is 2.66. The van der Waals surface area contributed by atoms with E-state index in [1.807, 2.05) is 0 Å². The van der Waals surface area contributed by atoms with E-state index < -0.39 is 11.7 Å². The molecule has 134 valence electrons. The molecule has 0 bridgehead atoms. The van der Waals surface area contributed by atoms with Crippen molar-refractivity contribution in [2.75, 3.05) is 20.3 Å².